The van der Waals surface area contributed by atoms with Crippen molar-refractivity contribution in [1.82, 2.24) is 4.90 Å². The zero-order valence-corrected chi connectivity index (χ0v) is 14.5. The van der Waals surface area contributed by atoms with E-state index in [9.17, 15) is 14.3 Å². The van der Waals surface area contributed by atoms with Crippen molar-refractivity contribution in [3.05, 3.63) is 65.4 Å². The standard InChI is InChI=1S/C21H22FNO3/c22-18-6-2-1-5-17(18)20(21(25)14-7-8-14)23-10-9-19(24)15(13-23)12-16-4-3-11-26-16/h1-6,11-12,14,19-20,24H,7-10,13H2. The Labute approximate surface area is 151 Å². The summed E-state index contributed by atoms with van der Waals surface area (Å²) in [5.41, 5.74) is 1.22. The second kappa shape index (κ2) is 7.17. The zero-order chi connectivity index (χ0) is 18.1. The van der Waals surface area contributed by atoms with Crippen LogP contribution in [0.3, 0.4) is 0 Å². The van der Waals surface area contributed by atoms with Crippen LogP contribution in [0.25, 0.3) is 6.08 Å². The maximum atomic E-state index is 14.5. The molecule has 2 aromatic rings. The van der Waals surface area contributed by atoms with Gasteiger partial charge in [0, 0.05) is 24.6 Å². The molecule has 4 nitrogen and oxygen atoms in total. The van der Waals surface area contributed by atoms with Crippen molar-refractivity contribution in [3.8, 4) is 0 Å². The minimum Gasteiger partial charge on any atom is -0.465 e. The lowest BCUT2D eigenvalue weighted by Gasteiger charge is -2.37. The lowest BCUT2D eigenvalue weighted by Crippen LogP contribution is -2.43. The molecule has 1 aromatic heterocycles. The van der Waals surface area contributed by atoms with Gasteiger partial charge >= 0.3 is 0 Å². The Bertz CT molecular complexity index is 810. The van der Waals surface area contributed by atoms with E-state index in [0.29, 0.717) is 30.8 Å². The van der Waals surface area contributed by atoms with E-state index >= 15 is 0 Å². The third kappa shape index (κ3) is 3.50. The number of benzene rings is 1. The SMILES string of the molecule is O=C(C1CC1)C(c1ccccc1F)N1CCC(O)C(=Cc2ccco2)C1. The summed E-state index contributed by atoms with van der Waals surface area (Å²) in [6.45, 7) is 0.966. The summed E-state index contributed by atoms with van der Waals surface area (Å²) < 4.78 is 19.8. The lowest BCUT2D eigenvalue weighted by atomic mass is 9.92. The quantitative estimate of drug-likeness (QED) is 0.891. The number of carbonyl (C=O) groups excluding carboxylic acids is 1. The Morgan fingerprint density at radius 2 is 2.04 bits per heavy atom. The lowest BCUT2D eigenvalue weighted by molar-refractivity contribution is -0.126. The van der Waals surface area contributed by atoms with Crippen LogP contribution in [0.4, 0.5) is 4.39 Å². The van der Waals surface area contributed by atoms with E-state index in [-0.39, 0.29) is 17.5 Å². The first-order chi connectivity index (χ1) is 12.6. The van der Waals surface area contributed by atoms with Crippen LogP contribution in [0.2, 0.25) is 0 Å². The molecule has 4 rings (SSSR count). The number of aliphatic hydroxyl groups is 1. The number of aliphatic hydroxyl groups excluding tert-OH is 1. The molecule has 1 saturated heterocycles. The highest BCUT2D eigenvalue weighted by Crippen LogP contribution is 2.39. The fourth-order valence-electron chi connectivity index (χ4n) is 3.63. The molecule has 0 bridgehead atoms. The summed E-state index contributed by atoms with van der Waals surface area (Å²) in [4.78, 5) is 14.9. The molecule has 2 atom stereocenters. The summed E-state index contributed by atoms with van der Waals surface area (Å²) in [6.07, 6.45) is 5.10. The van der Waals surface area contributed by atoms with Crippen LogP contribution < -0.4 is 0 Å². The monoisotopic (exact) mass is 355 g/mol. The maximum Gasteiger partial charge on any atom is 0.157 e. The number of Topliss-reactive ketones (excluding diaryl/α,β-unsaturated/α-hetero) is 1. The number of rotatable bonds is 5. The summed E-state index contributed by atoms with van der Waals surface area (Å²) in [5, 5.41) is 10.4. The minimum absolute atomic E-state index is 0.0314. The number of hydrogen-bond donors (Lipinski definition) is 1. The topological polar surface area (TPSA) is 53.7 Å². The smallest absolute Gasteiger partial charge is 0.157 e. The van der Waals surface area contributed by atoms with Gasteiger partial charge < -0.3 is 9.52 Å². The van der Waals surface area contributed by atoms with Crippen LogP contribution in [0.15, 0.2) is 52.7 Å². The molecule has 1 aliphatic carbocycles. The summed E-state index contributed by atoms with van der Waals surface area (Å²) in [7, 11) is 0. The number of likely N-dealkylation sites (tertiary alicyclic amines) is 1. The van der Waals surface area contributed by atoms with Crippen molar-refractivity contribution in [1.29, 1.82) is 0 Å². The van der Waals surface area contributed by atoms with Gasteiger partial charge in [0.2, 0.25) is 0 Å². The van der Waals surface area contributed by atoms with Crippen molar-refractivity contribution < 1.29 is 18.7 Å². The van der Waals surface area contributed by atoms with E-state index in [0.717, 1.165) is 18.4 Å². The molecular weight excluding hydrogens is 333 g/mol. The van der Waals surface area contributed by atoms with Crippen molar-refractivity contribution in [3.63, 3.8) is 0 Å². The Balaban J connectivity index is 1.65. The molecule has 26 heavy (non-hydrogen) atoms. The van der Waals surface area contributed by atoms with Gasteiger partial charge in [-0.3, -0.25) is 9.69 Å². The average molecular weight is 355 g/mol. The van der Waals surface area contributed by atoms with Gasteiger partial charge in [0.1, 0.15) is 11.6 Å². The third-order valence-electron chi connectivity index (χ3n) is 5.19. The highest BCUT2D eigenvalue weighted by molar-refractivity contribution is 5.89. The molecule has 2 fully saturated rings. The minimum atomic E-state index is -0.601. The predicted molar refractivity (Wildman–Crippen MR) is 95.8 cm³/mol. The van der Waals surface area contributed by atoms with Crippen LogP contribution in [0, 0.1) is 11.7 Å². The molecule has 2 aliphatic rings. The fraction of sp³-hybridized carbons (Fsp3) is 0.381. The van der Waals surface area contributed by atoms with Crippen molar-refractivity contribution in [2.75, 3.05) is 13.1 Å². The van der Waals surface area contributed by atoms with Crippen LogP contribution in [0.5, 0.6) is 0 Å². The average Bonchev–Trinajstić information content (AvgIpc) is 3.37. The first-order valence-corrected chi connectivity index (χ1v) is 9.07. The number of nitrogens with zero attached hydrogens (tertiary/aromatic N) is 1. The molecule has 0 spiro atoms. The molecule has 2 unspecified atom stereocenters. The number of furan rings is 1. The Kier molecular flexibility index (Phi) is 4.74. The van der Waals surface area contributed by atoms with Crippen LogP contribution in [-0.4, -0.2) is 35.0 Å². The van der Waals surface area contributed by atoms with Crippen molar-refractivity contribution >= 4 is 11.9 Å². The largest absolute Gasteiger partial charge is 0.465 e. The van der Waals surface area contributed by atoms with Crippen molar-refractivity contribution in [2.24, 2.45) is 5.92 Å². The van der Waals surface area contributed by atoms with Gasteiger partial charge in [0.25, 0.3) is 0 Å². The highest BCUT2D eigenvalue weighted by Gasteiger charge is 2.41. The Morgan fingerprint density at radius 3 is 2.73 bits per heavy atom. The molecule has 0 amide bonds. The van der Waals surface area contributed by atoms with Gasteiger partial charge in [-0.2, -0.15) is 0 Å². The van der Waals surface area contributed by atoms with E-state index in [1.165, 1.54) is 6.07 Å². The van der Waals surface area contributed by atoms with Gasteiger partial charge in [-0.15, -0.1) is 0 Å². The van der Waals surface area contributed by atoms with E-state index in [4.69, 9.17) is 4.42 Å². The van der Waals surface area contributed by atoms with Crippen LogP contribution in [0.1, 0.15) is 36.6 Å². The first-order valence-electron chi connectivity index (χ1n) is 9.07. The second-order valence-corrected chi connectivity index (χ2v) is 7.11. The molecule has 2 heterocycles. The first kappa shape index (κ1) is 17.2. The highest BCUT2D eigenvalue weighted by atomic mass is 19.1. The molecule has 136 valence electrons. The number of hydrogen-bond acceptors (Lipinski definition) is 4. The number of carbonyl (C=O) groups is 1. The third-order valence-corrected chi connectivity index (χ3v) is 5.19. The number of ketones is 1. The van der Waals surface area contributed by atoms with Crippen molar-refractivity contribution in [2.45, 2.75) is 31.4 Å². The Morgan fingerprint density at radius 1 is 1.23 bits per heavy atom. The summed E-state index contributed by atoms with van der Waals surface area (Å²) in [6, 6.07) is 9.52. The van der Waals surface area contributed by atoms with Gasteiger partial charge in [0.05, 0.1) is 18.4 Å². The Hall–Kier alpha value is -2.24. The normalized spacial score (nSPS) is 23.9. The molecule has 5 heteroatoms. The van der Waals surface area contributed by atoms with Crippen LogP contribution >= 0.6 is 0 Å². The molecular formula is C21H22FNO3. The predicted octanol–water partition coefficient (Wildman–Crippen LogP) is 3.59. The molecule has 1 aromatic carbocycles. The van der Waals surface area contributed by atoms with Gasteiger partial charge in [-0.05, 0) is 49.1 Å². The van der Waals surface area contributed by atoms with E-state index in [2.05, 4.69) is 0 Å². The van der Waals surface area contributed by atoms with Crippen LogP contribution in [-0.2, 0) is 4.79 Å². The number of piperidine rings is 1. The number of halogens is 1. The maximum absolute atomic E-state index is 14.5. The summed E-state index contributed by atoms with van der Waals surface area (Å²) >= 11 is 0. The van der Waals surface area contributed by atoms with Gasteiger partial charge in [-0.1, -0.05) is 18.2 Å². The molecule has 0 radical (unpaired) electrons. The van der Waals surface area contributed by atoms with E-state index < -0.39 is 12.1 Å². The fourth-order valence-corrected chi connectivity index (χ4v) is 3.63. The molecule has 1 N–H and O–H groups in total. The summed E-state index contributed by atoms with van der Waals surface area (Å²) in [5.74, 6) is 0.429. The van der Waals surface area contributed by atoms with E-state index in [1.54, 1.807) is 30.5 Å². The van der Waals surface area contributed by atoms with Gasteiger partial charge in [0.15, 0.2) is 5.78 Å². The second-order valence-electron chi connectivity index (χ2n) is 7.11. The van der Waals surface area contributed by atoms with E-state index in [1.807, 2.05) is 17.0 Å². The molecule has 1 saturated carbocycles. The zero-order valence-electron chi connectivity index (χ0n) is 14.5. The van der Waals surface area contributed by atoms with Gasteiger partial charge in [-0.25, -0.2) is 4.39 Å². The molecule has 1 aliphatic heterocycles.